The van der Waals surface area contributed by atoms with Crippen LogP contribution in [0, 0.1) is 0 Å². The van der Waals surface area contributed by atoms with Gasteiger partial charge in [-0.15, -0.1) is 0 Å². The van der Waals surface area contributed by atoms with Gasteiger partial charge < -0.3 is 10.1 Å². The van der Waals surface area contributed by atoms with E-state index in [0.29, 0.717) is 17.0 Å². The molecular weight excluding hydrogens is 270 g/mol. The Morgan fingerprint density at radius 3 is 2.90 bits per heavy atom. The van der Waals surface area contributed by atoms with Gasteiger partial charge in [-0.25, -0.2) is 4.79 Å². The van der Waals surface area contributed by atoms with Crippen molar-refractivity contribution in [2.45, 2.75) is 19.8 Å². The van der Waals surface area contributed by atoms with Gasteiger partial charge in [0.05, 0.1) is 18.1 Å². The summed E-state index contributed by atoms with van der Waals surface area (Å²) in [7, 11) is 0. The molecule has 0 fully saturated rings. The maximum Gasteiger partial charge on any atom is 0.336 e. The van der Waals surface area contributed by atoms with Crippen molar-refractivity contribution in [2.75, 3.05) is 11.9 Å². The molecule has 0 saturated carbocycles. The highest BCUT2D eigenvalue weighted by atomic mass is 16.5. The molecule has 1 aromatic carbocycles. The third-order valence-corrected chi connectivity index (χ3v) is 3.56. The number of allylic oxidation sites excluding steroid dienone is 1. The van der Waals surface area contributed by atoms with Crippen molar-refractivity contribution in [3.63, 3.8) is 0 Å². The number of carbonyl (C=O) groups excluding carboxylic acids is 2. The van der Waals surface area contributed by atoms with Crippen LogP contribution in [0.5, 0.6) is 0 Å². The maximum atomic E-state index is 12.3. The predicted molar refractivity (Wildman–Crippen MR) is 77.7 cm³/mol. The summed E-state index contributed by atoms with van der Waals surface area (Å²) in [4.78, 5) is 24.4. The number of fused-ring (bicyclic) bond motifs is 3. The Morgan fingerprint density at radius 2 is 2.14 bits per heavy atom. The molecule has 1 unspecified atom stereocenters. The number of hydrazone groups is 1. The minimum atomic E-state index is -0.491. The second kappa shape index (κ2) is 5.05. The molecule has 21 heavy (non-hydrogen) atoms. The number of para-hydroxylation sites is 1. The van der Waals surface area contributed by atoms with Crippen molar-refractivity contribution in [1.29, 1.82) is 0 Å². The van der Waals surface area contributed by atoms with Crippen molar-refractivity contribution in [3.8, 4) is 0 Å². The molecule has 0 radical (unpaired) electrons. The first-order valence-electron chi connectivity index (χ1n) is 6.75. The van der Waals surface area contributed by atoms with Gasteiger partial charge >= 0.3 is 5.97 Å². The van der Waals surface area contributed by atoms with Crippen LogP contribution in [0.2, 0.25) is 0 Å². The van der Waals surface area contributed by atoms with E-state index in [2.05, 4.69) is 15.8 Å². The van der Waals surface area contributed by atoms with Gasteiger partial charge in [0.25, 0.3) is 5.91 Å². The van der Waals surface area contributed by atoms with Gasteiger partial charge in [-0.3, -0.25) is 10.2 Å². The fourth-order valence-electron chi connectivity index (χ4n) is 2.64. The second-order valence-corrected chi connectivity index (χ2v) is 4.84. The summed E-state index contributed by atoms with van der Waals surface area (Å²) in [5.41, 5.74) is 5.60. The highest BCUT2D eigenvalue weighted by molar-refractivity contribution is 6.48. The second-order valence-electron chi connectivity index (χ2n) is 4.84. The van der Waals surface area contributed by atoms with E-state index in [4.69, 9.17) is 4.74 Å². The minimum Gasteiger partial charge on any atom is -0.463 e. The summed E-state index contributed by atoms with van der Waals surface area (Å²) in [5.74, 6) is -1.22. The van der Waals surface area contributed by atoms with Crippen LogP contribution in [0.1, 0.15) is 25.3 Å². The minimum absolute atomic E-state index is 0.280. The lowest BCUT2D eigenvalue weighted by Gasteiger charge is -2.31. The molecule has 0 bridgehead atoms. The number of hydrogen-bond acceptors (Lipinski definition) is 5. The fourth-order valence-corrected chi connectivity index (χ4v) is 2.64. The van der Waals surface area contributed by atoms with Gasteiger partial charge in [-0.2, -0.15) is 5.10 Å². The Balaban J connectivity index is 2.15. The van der Waals surface area contributed by atoms with E-state index in [0.717, 1.165) is 5.56 Å². The van der Waals surface area contributed by atoms with Crippen molar-refractivity contribution in [2.24, 2.45) is 5.10 Å². The molecule has 0 spiro atoms. The van der Waals surface area contributed by atoms with E-state index in [1.807, 2.05) is 24.3 Å². The van der Waals surface area contributed by atoms with Crippen molar-refractivity contribution in [1.82, 2.24) is 5.43 Å². The largest absolute Gasteiger partial charge is 0.463 e. The highest BCUT2D eigenvalue weighted by Crippen LogP contribution is 2.38. The Morgan fingerprint density at radius 1 is 1.38 bits per heavy atom. The third kappa shape index (κ3) is 2.08. The highest BCUT2D eigenvalue weighted by Gasteiger charge is 2.40. The maximum absolute atomic E-state index is 12.3. The van der Waals surface area contributed by atoms with Gasteiger partial charge in [-0.05, 0) is 25.5 Å². The van der Waals surface area contributed by atoms with E-state index in [1.165, 1.54) is 0 Å². The molecule has 3 rings (SSSR count). The molecule has 0 aliphatic carbocycles. The predicted octanol–water partition coefficient (Wildman–Crippen LogP) is 1.52. The van der Waals surface area contributed by atoms with E-state index in [-0.39, 0.29) is 18.2 Å². The number of ether oxygens (including phenoxy) is 1. The molecular formula is C15H15N3O3. The molecule has 1 aromatic rings. The number of carbonyl (C=O) groups is 2. The summed E-state index contributed by atoms with van der Waals surface area (Å²) >= 11 is 0. The van der Waals surface area contributed by atoms with Crippen molar-refractivity contribution >= 4 is 23.3 Å². The van der Waals surface area contributed by atoms with Crippen molar-refractivity contribution < 1.29 is 14.3 Å². The van der Waals surface area contributed by atoms with Crippen LogP contribution in [0.25, 0.3) is 0 Å². The summed E-state index contributed by atoms with van der Waals surface area (Å²) in [6.07, 6.45) is 0. The number of benzene rings is 1. The number of esters is 1. The van der Waals surface area contributed by atoms with E-state index >= 15 is 0 Å². The van der Waals surface area contributed by atoms with E-state index in [1.54, 1.807) is 13.8 Å². The molecule has 2 heterocycles. The lowest BCUT2D eigenvalue weighted by atomic mass is 9.81. The molecule has 2 aliphatic rings. The normalized spacial score (nSPS) is 19.8. The molecule has 0 aromatic heterocycles. The molecule has 1 atom stereocenters. The molecule has 6 nitrogen and oxygen atoms in total. The van der Waals surface area contributed by atoms with E-state index < -0.39 is 11.9 Å². The zero-order chi connectivity index (χ0) is 15.0. The topological polar surface area (TPSA) is 79.8 Å². The molecule has 1 amide bonds. The van der Waals surface area contributed by atoms with E-state index in [9.17, 15) is 9.59 Å². The Labute approximate surface area is 121 Å². The first kappa shape index (κ1) is 13.4. The number of amides is 1. The quantitative estimate of drug-likeness (QED) is 0.807. The average Bonchev–Trinajstić information content (AvgIpc) is 2.47. The number of nitrogens with one attached hydrogen (secondary N) is 2. The molecule has 6 heteroatoms. The Kier molecular flexibility index (Phi) is 3.21. The zero-order valence-electron chi connectivity index (χ0n) is 11.8. The number of hydrogen-bond donors (Lipinski definition) is 2. The van der Waals surface area contributed by atoms with Gasteiger partial charge in [0.2, 0.25) is 0 Å². The van der Waals surface area contributed by atoms with Crippen LogP contribution < -0.4 is 10.7 Å². The molecule has 0 saturated heterocycles. The standard InChI is InChI=1S/C15H15N3O3/c1-3-21-15(20)11-8(2)17-18-13-12(11)9-6-4-5-7-10(9)16-14(13)19/h4-7,12,17H,3H2,1-2H3,(H,16,19). The first-order valence-corrected chi connectivity index (χ1v) is 6.75. The Hall–Kier alpha value is -2.63. The lowest BCUT2D eigenvalue weighted by molar-refractivity contribution is -0.138. The summed E-state index contributed by atoms with van der Waals surface area (Å²) < 4.78 is 5.13. The van der Waals surface area contributed by atoms with Crippen LogP contribution in [-0.4, -0.2) is 24.2 Å². The number of nitrogens with zero attached hydrogens (tertiary/aromatic N) is 1. The third-order valence-electron chi connectivity index (χ3n) is 3.56. The van der Waals surface area contributed by atoms with Crippen LogP contribution in [0.3, 0.4) is 0 Å². The summed E-state index contributed by atoms with van der Waals surface area (Å²) in [5, 5.41) is 6.88. The van der Waals surface area contributed by atoms with Crippen LogP contribution in [0.15, 0.2) is 40.6 Å². The number of anilines is 1. The Bertz CT molecular complexity index is 691. The van der Waals surface area contributed by atoms with Gasteiger partial charge in [0.1, 0.15) is 5.71 Å². The first-order chi connectivity index (χ1) is 10.1. The van der Waals surface area contributed by atoms with Crippen LogP contribution >= 0.6 is 0 Å². The molecule has 2 N–H and O–H groups in total. The monoisotopic (exact) mass is 285 g/mol. The smallest absolute Gasteiger partial charge is 0.336 e. The lowest BCUT2D eigenvalue weighted by Crippen LogP contribution is -2.41. The van der Waals surface area contributed by atoms with Crippen molar-refractivity contribution in [3.05, 3.63) is 41.1 Å². The SMILES string of the molecule is CCOC(=O)C1=C(C)NN=C2C(=O)Nc3ccccc3C21. The summed E-state index contributed by atoms with van der Waals surface area (Å²) in [6.45, 7) is 3.78. The summed E-state index contributed by atoms with van der Waals surface area (Å²) in [6, 6.07) is 7.40. The fraction of sp³-hybridized carbons (Fsp3) is 0.267. The molecule has 108 valence electrons. The molecule has 2 aliphatic heterocycles. The van der Waals surface area contributed by atoms with Gasteiger partial charge in [-0.1, -0.05) is 18.2 Å². The van der Waals surface area contributed by atoms with Gasteiger partial charge in [0, 0.05) is 11.4 Å². The zero-order valence-corrected chi connectivity index (χ0v) is 11.8. The average molecular weight is 285 g/mol. The van der Waals surface area contributed by atoms with Gasteiger partial charge in [0.15, 0.2) is 0 Å². The van der Waals surface area contributed by atoms with Crippen LogP contribution in [0.4, 0.5) is 5.69 Å². The number of rotatable bonds is 2. The van der Waals surface area contributed by atoms with Crippen LogP contribution in [-0.2, 0) is 14.3 Å².